The van der Waals surface area contributed by atoms with Crippen molar-refractivity contribution in [3.05, 3.63) is 0 Å². The highest BCUT2D eigenvalue weighted by Gasteiger charge is 2.21. The van der Waals surface area contributed by atoms with E-state index in [-0.39, 0.29) is 0 Å². The quantitative estimate of drug-likeness (QED) is 0.563. The molecule has 0 aromatic rings. The Balaban J connectivity index is 2.45. The van der Waals surface area contributed by atoms with Crippen molar-refractivity contribution in [2.75, 3.05) is 33.4 Å². The predicted octanol–water partition coefficient (Wildman–Crippen LogP) is 0.900. The van der Waals surface area contributed by atoms with Gasteiger partial charge in [0.05, 0.1) is 0 Å². The highest BCUT2D eigenvalue weighted by atomic mass is 32.2. The van der Waals surface area contributed by atoms with Crippen LogP contribution in [0.15, 0.2) is 0 Å². The van der Waals surface area contributed by atoms with Crippen LogP contribution in [0.2, 0.25) is 0 Å². The molecule has 60 valence electrons. The third-order valence-electron chi connectivity index (χ3n) is 1.99. The first-order valence-corrected chi connectivity index (χ1v) is 4.98. The van der Waals surface area contributed by atoms with E-state index in [2.05, 4.69) is 30.2 Å². The third-order valence-corrected chi connectivity index (χ3v) is 3.13. The second-order valence-electron chi connectivity index (χ2n) is 2.88. The summed E-state index contributed by atoms with van der Waals surface area (Å²) >= 11 is 1.91. The normalized spacial score (nSPS) is 25.5. The van der Waals surface area contributed by atoms with Crippen LogP contribution in [-0.2, 0) is 0 Å². The Morgan fingerprint density at radius 2 is 1.70 bits per heavy atom. The molecule has 1 aliphatic heterocycles. The molecule has 1 saturated heterocycles. The van der Waals surface area contributed by atoms with E-state index in [1.807, 2.05) is 11.8 Å². The van der Waals surface area contributed by atoms with E-state index in [1.54, 1.807) is 0 Å². The molecule has 1 aliphatic rings. The monoisotopic (exact) mass is 160 g/mol. The molecule has 0 aromatic carbocycles. The molecule has 0 spiro atoms. The summed E-state index contributed by atoms with van der Waals surface area (Å²) < 4.78 is 0. The summed E-state index contributed by atoms with van der Waals surface area (Å²) in [7, 11) is 4.38. The fourth-order valence-corrected chi connectivity index (χ4v) is 2.42. The molecule has 1 rings (SSSR count). The number of nitrogens with zero attached hydrogens (tertiary/aromatic N) is 2. The molecular weight excluding hydrogens is 144 g/mol. The van der Waals surface area contributed by atoms with Gasteiger partial charge in [0.25, 0.3) is 0 Å². The average molecular weight is 160 g/mol. The van der Waals surface area contributed by atoms with Crippen molar-refractivity contribution in [1.82, 2.24) is 9.80 Å². The summed E-state index contributed by atoms with van der Waals surface area (Å²) in [5.41, 5.74) is 0.605. The number of hydrogen-bond acceptors (Lipinski definition) is 3. The van der Waals surface area contributed by atoms with Crippen LogP contribution in [0.5, 0.6) is 0 Å². The molecule has 2 nitrogen and oxygen atoms in total. The summed E-state index contributed by atoms with van der Waals surface area (Å²) in [6, 6.07) is 0. The Bertz CT molecular complexity index is 97.8. The molecule has 0 aromatic heterocycles. The number of thioether (sulfide) groups is 1. The summed E-state index contributed by atoms with van der Waals surface area (Å²) in [6.45, 7) is 2.49. The standard InChI is InChI=1S/C7H16N2S/c1-8-5-4-6-9(2)7(8)10-3/h7H,4-6H2,1-3H3. The Labute approximate surface area is 67.6 Å². The molecular formula is C7H16N2S. The summed E-state index contributed by atoms with van der Waals surface area (Å²) in [6.07, 6.45) is 3.48. The first-order chi connectivity index (χ1) is 4.75. The van der Waals surface area contributed by atoms with Gasteiger partial charge in [-0.05, 0) is 26.8 Å². The van der Waals surface area contributed by atoms with Gasteiger partial charge >= 0.3 is 0 Å². The maximum Gasteiger partial charge on any atom is 0.110 e. The van der Waals surface area contributed by atoms with Crippen molar-refractivity contribution in [1.29, 1.82) is 0 Å². The van der Waals surface area contributed by atoms with Gasteiger partial charge < -0.3 is 0 Å². The van der Waals surface area contributed by atoms with Crippen LogP contribution in [0, 0.1) is 0 Å². The van der Waals surface area contributed by atoms with Gasteiger partial charge in [-0.2, -0.15) is 0 Å². The second-order valence-corrected chi connectivity index (χ2v) is 3.77. The zero-order valence-corrected chi connectivity index (χ0v) is 7.82. The Morgan fingerprint density at radius 1 is 1.20 bits per heavy atom. The van der Waals surface area contributed by atoms with Gasteiger partial charge in [0.15, 0.2) is 0 Å². The van der Waals surface area contributed by atoms with Crippen LogP contribution in [0.1, 0.15) is 6.42 Å². The Kier molecular flexibility index (Phi) is 3.01. The van der Waals surface area contributed by atoms with Crippen molar-refractivity contribution < 1.29 is 0 Å². The molecule has 0 amide bonds. The molecule has 0 unspecified atom stereocenters. The lowest BCUT2D eigenvalue weighted by Crippen LogP contribution is -2.47. The summed E-state index contributed by atoms with van der Waals surface area (Å²) in [4.78, 5) is 4.79. The maximum atomic E-state index is 2.40. The summed E-state index contributed by atoms with van der Waals surface area (Å²) in [5.74, 6) is 0. The lowest BCUT2D eigenvalue weighted by molar-refractivity contribution is 0.106. The van der Waals surface area contributed by atoms with E-state index in [0.29, 0.717) is 5.50 Å². The van der Waals surface area contributed by atoms with Crippen LogP contribution in [0.3, 0.4) is 0 Å². The van der Waals surface area contributed by atoms with Crippen LogP contribution in [0.25, 0.3) is 0 Å². The lowest BCUT2D eigenvalue weighted by atomic mass is 10.3. The average Bonchev–Trinajstić information content (AvgIpc) is 1.88. The largest absolute Gasteiger partial charge is 0.282 e. The fraction of sp³-hybridized carbons (Fsp3) is 1.00. The minimum absolute atomic E-state index is 0.605. The van der Waals surface area contributed by atoms with Gasteiger partial charge in [0.1, 0.15) is 5.50 Å². The molecule has 0 aliphatic carbocycles. The van der Waals surface area contributed by atoms with E-state index in [4.69, 9.17) is 0 Å². The Hall–Kier alpha value is 0.270. The van der Waals surface area contributed by atoms with Gasteiger partial charge in [0, 0.05) is 13.1 Å². The van der Waals surface area contributed by atoms with Crippen molar-refractivity contribution >= 4 is 11.8 Å². The first-order valence-electron chi connectivity index (χ1n) is 3.69. The molecule has 10 heavy (non-hydrogen) atoms. The summed E-state index contributed by atoms with van der Waals surface area (Å²) in [5, 5.41) is 0. The van der Waals surface area contributed by atoms with Crippen molar-refractivity contribution in [2.24, 2.45) is 0 Å². The molecule has 0 atom stereocenters. The van der Waals surface area contributed by atoms with E-state index < -0.39 is 0 Å². The van der Waals surface area contributed by atoms with Crippen molar-refractivity contribution in [3.63, 3.8) is 0 Å². The van der Waals surface area contributed by atoms with Crippen molar-refractivity contribution in [3.8, 4) is 0 Å². The van der Waals surface area contributed by atoms with E-state index in [9.17, 15) is 0 Å². The minimum Gasteiger partial charge on any atom is -0.282 e. The zero-order valence-electron chi connectivity index (χ0n) is 7.00. The van der Waals surface area contributed by atoms with Gasteiger partial charge in [-0.1, -0.05) is 0 Å². The van der Waals surface area contributed by atoms with Gasteiger partial charge in [0.2, 0.25) is 0 Å². The van der Waals surface area contributed by atoms with Crippen LogP contribution >= 0.6 is 11.8 Å². The first kappa shape index (κ1) is 8.37. The molecule has 1 fully saturated rings. The van der Waals surface area contributed by atoms with E-state index in [0.717, 1.165) is 0 Å². The highest BCUT2D eigenvalue weighted by Crippen LogP contribution is 2.18. The smallest absolute Gasteiger partial charge is 0.110 e. The van der Waals surface area contributed by atoms with Gasteiger partial charge in [-0.15, -0.1) is 11.8 Å². The second kappa shape index (κ2) is 3.60. The molecule has 0 radical (unpaired) electrons. The van der Waals surface area contributed by atoms with Gasteiger partial charge in [-0.25, -0.2) is 0 Å². The lowest BCUT2D eigenvalue weighted by Gasteiger charge is -2.38. The number of rotatable bonds is 1. The Morgan fingerprint density at radius 3 is 2.00 bits per heavy atom. The highest BCUT2D eigenvalue weighted by molar-refractivity contribution is 7.99. The molecule has 0 bridgehead atoms. The molecule has 0 N–H and O–H groups in total. The van der Waals surface area contributed by atoms with Gasteiger partial charge in [-0.3, -0.25) is 9.80 Å². The van der Waals surface area contributed by atoms with Crippen LogP contribution in [-0.4, -0.2) is 48.7 Å². The minimum atomic E-state index is 0.605. The maximum absolute atomic E-state index is 2.40. The molecule has 3 heteroatoms. The number of hydrogen-bond donors (Lipinski definition) is 0. The van der Waals surface area contributed by atoms with Crippen LogP contribution in [0.4, 0.5) is 0 Å². The van der Waals surface area contributed by atoms with E-state index in [1.165, 1.54) is 19.5 Å². The topological polar surface area (TPSA) is 6.48 Å². The SMILES string of the molecule is CSC1N(C)CCCN1C. The molecule has 1 heterocycles. The van der Waals surface area contributed by atoms with Crippen molar-refractivity contribution in [2.45, 2.75) is 11.9 Å². The third kappa shape index (κ3) is 1.65. The van der Waals surface area contributed by atoms with Crippen LogP contribution < -0.4 is 0 Å². The van der Waals surface area contributed by atoms with E-state index >= 15 is 0 Å². The predicted molar refractivity (Wildman–Crippen MR) is 47.2 cm³/mol. The fourth-order valence-electron chi connectivity index (χ4n) is 1.49. The zero-order chi connectivity index (χ0) is 7.56. The molecule has 0 saturated carbocycles.